The van der Waals surface area contributed by atoms with Crippen LogP contribution in [0.5, 0.6) is 0 Å². The first-order valence-corrected chi connectivity index (χ1v) is 5.05. The van der Waals surface area contributed by atoms with E-state index in [1.807, 2.05) is 0 Å². The molecule has 0 bridgehead atoms. The van der Waals surface area contributed by atoms with Crippen LogP contribution in [0.25, 0.3) is 0 Å². The fourth-order valence-corrected chi connectivity index (χ4v) is 1.23. The molecule has 0 aliphatic carbocycles. The van der Waals surface area contributed by atoms with Gasteiger partial charge in [-0.15, -0.1) is 0 Å². The summed E-state index contributed by atoms with van der Waals surface area (Å²) in [6.07, 6.45) is 0.0574. The second-order valence-electron chi connectivity index (χ2n) is 4.26. The Morgan fingerprint density at radius 1 is 1.42 bits per heavy atom. The molecule has 0 aliphatic heterocycles. The van der Waals surface area contributed by atoms with Crippen LogP contribution in [0.15, 0.2) is 18.2 Å². The molecule has 0 unspecified atom stereocenters. The van der Waals surface area contributed by atoms with E-state index < -0.39 is 11.7 Å². The van der Waals surface area contributed by atoms with Crippen molar-refractivity contribution >= 4 is 35.0 Å². The molecule has 1 amide bonds. The number of aliphatic hydroxyl groups is 1. The number of amides is 1. The summed E-state index contributed by atoms with van der Waals surface area (Å²) in [5.41, 5.74) is 0.0196. The zero-order valence-corrected chi connectivity index (χ0v) is 14.5. The SMILES string of the molecule is CC(C)(O)CCc1cccc(NC(=O)O)n1.[Br-].[CH3-].[Mg+2]. The van der Waals surface area contributed by atoms with Gasteiger partial charge >= 0.3 is 29.1 Å². The van der Waals surface area contributed by atoms with Crippen LogP contribution < -0.4 is 22.3 Å². The molecule has 19 heavy (non-hydrogen) atoms. The average Bonchev–Trinajstić information content (AvgIpc) is 2.13. The molecule has 0 spiro atoms. The topological polar surface area (TPSA) is 82.5 Å². The van der Waals surface area contributed by atoms with Gasteiger partial charge in [0, 0.05) is 5.69 Å². The van der Waals surface area contributed by atoms with Crippen molar-refractivity contribution in [1.29, 1.82) is 0 Å². The number of aromatic nitrogens is 1. The molecule has 0 atom stereocenters. The van der Waals surface area contributed by atoms with Crippen LogP contribution >= 0.6 is 0 Å². The third kappa shape index (κ3) is 11.2. The maximum absolute atomic E-state index is 10.4. The molecule has 1 aromatic heterocycles. The second kappa shape index (κ2) is 10.4. The molecule has 3 N–H and O–H groups in total. The normalized spacial score (nSPS) is 9.42. The zero-order valence-electron chi connectivity index (χ0n) is 11.5. The summed E-state index contributed by atoms with van der Waals surface area (Å²) in [6, 6.07) is 5.12. The van der Waals surface area contributed by atoms with Crippen LogP contribution in [0.3, 0.4) is 0 Å². The summed E-state index contributed by atoms with van der Waals surface area (Å²) in [5.74, 6) is 0.306. The maximum Gasteiger partial charge on any atom is 2.00 e. The van der Waals surface area contributed by atoms with Crippen LogP contribution in [0.2, 0.25) is 0 Å². The first-order chi connectivity index (χ1) is 7.37. The first-order valence-electron chi connectivity index (χ1n) is 5.05. The van der Waals surface area contributed by atoms with Crippen molar-refractivity contribution in [2.24, 2.45) is 0 Å². The molecule has 0 radical (unpaired) electrons. The third-order valence-electron chi connectivity index (χ3n) is 2.03. The first kappa shape index (κ1) is 23.7. The van der Waals surface area contributed by atoms with Crippen LogP contribution in [-0.4, -0.2) is 49.9 Å². The largest absolute Gasteiger partial charge is 2.00 e. The Morgan fingerprint density at radius 2 is 2.00 bits per heavy atom. The van der Waals surface area contributed by atoms with E-state index in [1.165, 1.54) is 0 Å². The molecule has 104 valence electrons. The van der Waals surface area contributed by atoms with Gasteiger partial charge in [-0.2, -0.15) is 0 Å². The number of carboxylic acid groups (broad SMARTS) is 1. The molecule has 1 rings (SSSR count). The quantitative estimate of drug-likeness (QED) is 0.481. The van der Waals surface area contributed by atoms with E-state index >= 15 is 0 Å². The molecule has 0 fully saturated rings. The minimum Gasteiger partial charge on any atom is -1.00 e. The third-order valence-corrected chi connectivity index (χ3v) is 2.03. The van der Waals surface area contributed by atoms with E-state index in [2.05, 4.69) is 10.3 Å². The van der Waals surface area contributed by atoms with Gasteiger partial charge in [-0.1, -0.05) is 6.07 Å². The monoisotopic (exact) mass is 342 g/mol. The molecule has 0 aromatic carbocycles. The number of pyridine rings is 1. The van der Waals surface area contributed by atoms with E-state index in [4.69, 9.17) is 5.11 Å². The molecule has 0 saturated carbocycles. The second-order valence-corrected chi connectivity index (χ2v) is 4.26. The fraction of sp³-hybridized carbons (Fsp3) is 0.417. The van der Waals surface area contributed by atoms with Crippen molar-refractivity contribution < 1.29 is 32.0 Å². The Balaban J connectivity index is -0.000000853. The van der Waals surface area contributed by atoms with Crippen molar-refractivity contribution in [1.82, 2.24) is 4.98 Å². The predicted molar refractivity (Wildman–Crippen MR) is 72.7 cm³/mol. The maximum atomic E-state index is 10.4. The minimum atomic E-state index is -1.13. The summed E-state index contributed by atoms with van der Waals surface area (Å²) in [5, 5.41) is 20.3. The van der Waals surface area contributed by atoms with Gasteiger partial charge in [-0.05, 0) is 38.8 Å². The molecule has 1 heterocycles. The molecule has 0 saturated heterocycles. The average molecular weight is 344 g/mol. The predicted octanol–water partition coefficient (Wildman–Crippen LogP) is -1.05. The van der Waals surface area contributed by atoms with Gasteiger partial charge in [0.1, 0.15) is 5.82 Å². The molecular formula is C12H19BrMgN2O3. The fourth-order valence-electron chi connectivity index (χ4n) is 1.23. The molecule has 1 aromatic rings. The Bertz CT molecular complexity index is 383. The van der Waals surface area contributed by atoms with Crippen molar-refractivity contribution in [3.8, 4) is 0 Å². The van der Waals surface area contributed by atoms with Crippen molar-refractivity contribution in [3.05, 3.63) is 31.3 Å². The van der Waals surface area contributed by atoms with E-state index in [0.717, 1.165) is 5.69 Å². The van der Waals surface area contributed by atoms with E-state index in [-0.39, 0.29) is 47.5 Å². The summed E-state index contributed by atoms with van der Waals surface area (Å²) < 4.78 is 0. The van der Waals surface area contributed by atoms with Crippen LogP contribution in [0.1, 0.15) is 26.0 Å². The number of hydrogen-bond acceptors (Lipinski definition) is 3. The number of halogens is 1. The number of nitrogens with one attached hydrogen (secondary N) is 1. The van der Waals surface area contributed by atoms with Crippen molar-refractivity contribution in [3.63, 3.8) is 0 Å². The van der Waals surface area contributed by atoms with Gasteiger partial charge in [0.05, 0.1) is 5.60 Å². The number of hydrogen-bond donors (Lipinski definition) is 3. The Kier molecular flexibility index (Phi) is 13.0. The smallest absolute Gasteiger partial charge is 1.00 e. The molecule has 0 aliphatic rings. The molecule has 5 nitrogen and oxygen atoms in total. The van der Waals surface area contributed by atoms with Gasteiger partial charge in [-0.25, -0.2) is 9.78 Å². The summed E-state index contributed by atoms with van der Waals surface area (Å²) in [7, 11) is 0. The summed E-state index contributed by atoms with van der Waals surface area (Å²) in [6.45, 7) is 3.46. The standard InChI is InChI=1S/C11H16N2O3.CH3.BrH.Mg/c1-11(2,16)7-6-8-4-3-5-9(12-8)13-10(14)15;;;/h3-5,16H,6-7H2,1-2H3,(H,12,13)(H,14,15);1H3;1H;/q;-1;;+2/p-1. The molecular weight excluding hydrogens is 324 g/mol. The number of aryl methyl sites for hydroxylation is 1. The van der Waals surface area contributed by atoms with Crippen molar-refractivity contribution in [2.75, 3.05) is 5.32 Å². The van der Waals surface area contributed by atoms with Crippen LogP contribution in [0.4, 0.5) is 10.6 Å². The Hall–Kier alpha value is -0.374. The Labute approximate surface area is 140 Å². The van der Waals surface area contributed by atoms with E-state index in [0.29, 0.717) is 18.7 Å². The number of anilines is 1. The van der Waals surface area contributed by atoms with E-state index in [9.17, 15) is 9.90 Å². The van der Waals surface area contributed by atoms with Gasteiger partial charge in [0.2, 0.25) is 0 Å². The number of nitrogens with zero attached hydrogens (tertiary/aromatic N) is 1. The zero-order chi connectivity index (χ0) is 12.2. The number of carbonyl (C=O) groups is 1. The van der Waals surface area contributed by atoms with Gasteiger partial charge < -0.3 is 34.6 Å². The van der Waals surface area contributed by atoms with Crippen molar-refractivity contribution in [2.45, 2.75) is 32.3 Å². The number of rotatable bonds is 4. The Morgan fingerprint density at radius 3 is 2.47 bits per heavy atom. The molecule has 7 heteroatoms. The van der Waals surface area contributed by atoms with Crippen LogP contribution in [0, 0.1) is 7.43 Å². The summed E-state index contributed by atoms with van der Waals surface area (Å²) >= 11 is 0. The van der Waals surface area contributed by atoms with Gasteiger partial charge in [-0.3, -0.25) is 5.32 Å². The van der Waals surface area contributed by atoms with E-state index in [1.54, 1.807) is 32.0 Å². The minimum absolute atomic E-state index is 0. The van der Waals surface area contributed by atoms with Gasteiger partial charge in [0.15, 0.2) is 0 Å². The van der Waals surface area contributed by atoms with Crippen LogP contribution in [-0.2, 0) is 6.42 Å². The summed E-state index contributed by atoms with van der Waals surface area (Å²) in [4.78, 5) is 14.5. The van der Waals surface area contributed by atoms with Gasteiger partial charge in [0.25, 0.3) is 0 Å².